The van der Waals surface area contributed by atoms with Crippen LogP contribution < -0.4 is 0 Å². The van der Waals surface area contributed by atoms with Crippen molar-refractivity contribution >= 4 is 35.2 Å². The maximum atomic E-state index is 13.4. The first-order valence-electron chi connectivity index (χ1n) is 12.0. The number of aromatic nitrogens is 1. The number of esters is 1. The molecule has 1 aliphatic rings. The SMILES string of the molecule is Cc1ncoc1-c1ccc(-c2ccc([C@@]3(CC(=O)OCC[Si](C)(C)C)CCCCS3(=O)=O)s2)cc1. The molecule has 3 aromatic rings. The molecule has 0 N–H and O–H groups in total. The minimum absolute atomic E-state index is 0.105. The Bertz CT molecular complexity index is 1290. The summed E-state index contributed by atoms with van der Waals surface area (Å²) in [7, 11) is -4.85. The third-order valence-corrected chi connectivity index (χ3v) is 12.4. The average Bonchev–Trinajstić information content (AvgIpc) is 3.44. The summed E-state index contributed by atoms with van der Waals surface area (Å²) in [5.74, 6) is 0.423. The standard InChI is InChI=1S/C26H33NO5S2Si/c1-19-25(32-18-27-19)21-9-7-20(8-10-21)22-11-12-23(33-22)26(13-5-6-15-34(26,29)30)17-24(28)31-14-16-35(2,3)4/h7-12,18H,5-6,13-17H2,1-4H3/t26-/m0/s1. The Morgan fingerprint density at radius 1 is 1.11 bits per heavy atom. The molecule has 0 bridgehead atoms. The van der Waals surface area contributed by atoms with Crippen molar-refractivity contribution in [2.45, 2.75) is 63.0 Å². The smallest absolute Gasteiger partial charge is 0.307 e. The Balaban J connectivity index is 1.59. The number of rotatable bonds is 8. The molecule has 188 valence electrons. The van der Waals surface area contributed by atoms with E-state index in [4.69, 9.17) is 9.15 Å². The van der Waals surface area contributed by atoms with Crippen molar-refractivity contribution in [1.29, 1.82) is 0 Å². The van der Waals surface area contributed by atoms with E-state index >= 15 is 0 Å². The van der Waals surface area contributed by atoms with Gasteiger partial charge >= 0.3 is 5.97 Å². The zero-order chi connectivity index (χ0) is 25.3. The molecule has 0 unspecified atom stereocenters. The molecule has 1 atom stereocenters. The molecule has 1 aromatic carbocycles. The number of benzene rings is 1. The van der Waals surface area contributed by atoms with Crippen molar-refractivity contribution in [2.24, 2.45) is 0 Å². The third kappa shape index (κ3) is 5.62. The van der Waals surface area contributed by atoms with E-state index in [0.29, 0.717) is 19.4 Å². The lowest BCUT2D eigenvalue weighted by Crippen LogP contribution is -2.42. The predicted molar refractivity (Wildman–Crippen MR) is 143 cm³/mol. The minimum Gasteiger partial charge on any atom is -0.466 e. The number of oxazole rings is 1. The van der Waals surface area contributed by atoms with Gasteiger partial charge in [0.1, 0.15) is 4.75 Å². The molecule has 0 saturated carbocycles. The first kappa shape index (κ1) is 25.8. The number of aryl methyl sites for hydroxylation is 1. The Labute approximate surface area is 212 Å². The molecule has 35 heavy (non-hydrogen) atoms. The molecule has 9 heteroatoms. The molecule has 3 heterocycles. The summed E-state index contributed by atoms with van der Waals surface area (Å²) in [6.07, 6.45) is 3.17. The number of nitrogens with zero attached hydrogens (tertiary/aromatic N) is 1. The molecule has 0 spiro atoms. The van der Waals surface area contributed by atoms with Crippen LogP contribution in [0.2, 0.25) is 25.7 Å². The number of sulfone groups is 1. The molecule has 2 aromatic heterocycles. The second-order valence-electron chi connectivity index (χ2n) is 10.5. The van der Waals surface area contributed by atoms with Gasteiger partial charge in [0, 0.05) is 23.4 Å². The maximum absolute atomic E-state index is 13.4. The molecule has 0 aliphatic carbocycles. The highest BCUT2D eigenvalue weighted by Gasteiger charge is 2.49. The monoisotopic (exact) mass is 531 g/mol. The van der Waals surface area contributed by atoms with Crippen molar-refractivity contribution in [3.8, 4) is 21.8 Å². The van der Waals surface area contributed by atoms with Crippen LogP contribution in [0.3, 0.4) is 0 Å². The van der Waals surface area contributed by atoms with Gasteiger partial charge in [-0.3, -0.25) is 4.79 Å². The number of carbonyl (C=O) groups is 1. The van der Waals surface area contributed by atoms with Crippen LogP contribution in [0, 0.1) is 6.92 Å². The van der Waals surface area contributed by atoms with E-state index in [1.165, 1.54) is 17.7 Å². The Morgan fingerprint density at radius 2 is 1.83 bits per heavy atom. The van der Waals surface area contributed by atoms with Crippen LogP contribution in [0.5, 0.6) is 0 Å². The summed E-state index contributed by atoms with van der Waals surface area (Å²) < 4.78 is 36.6. The molecule has 4 rings (SSSR count). The average molecular weight is 532 g/mol. The fraction of sp³-hybridized carbons (Fsp3) is 0.462. The molecular weight excluding hydrogens is 499 g/mol. The zero-order valence-corrected chi connectivity index (χ0v) is 23.4. The Hall–Kier alpha value is -2.23. The minimum atomic E-state index is -3.50. The summed E-state index contributed by atoms with van der Waals surface area (Å²) >= 11 is 1.45. The molecule has 1 fully saturated rings. The fourth-order valence-corrected chi connectivity index (χ4v) is 8.96. The van der Waals surface area contributed by atoms with Gasteiger partial charge in [0.15, 0.2) is 22.0 Å². The van der Waals surface area contributed by atoms with Crippen molar-refractivity contribution in [2.75, 3.05) is 12.4 Å². The molecule has 6 nitrogen and oxygen atoms in total. The van der Waals surface area contributed by atoms with E-state index in [1.807, 2.05) is 43.3 Å². The summed E-state index contributed by atoms with van der Waals surface area (Å²) in [5.41, 5.74) is 2.76. The van der Waals surface area contributed by atoms with Gasteiger partial charge in [-0.2, -0.15) is 0 Å². The van der Waals surface area contributed by atoms with Crippen molar-refractivity contribution < 1.29 is 22.4 Å². The summed E-state index contributed by atoms with van der Waals surface area (Å²) in [6.45, 7) is 8.93. The van der Waals surface area contributed by atoms with Crippen LogP contribution in [0.4, 0.5) is 0 Å². The second-order valence-corrected chi connectivity index (χ2v) is 19.6. The van der Waals surface area contributed by atoms with Crippen molar-refractivity contribution in [1.82, 2.24) is 4.98 Å². The van der Waals surface area contributed by atoms with Gasteiger partial charge in [0.05, 0.1) is 24.5 Å². The summed E-state index contributed by atoms with van der Waals surface area (Å²) in [4.78, 5) is 18.7. The highest BCUT2D eigenvalue weighted by Crippen LogP contribution is 2.47. The molecule has 1 saturated heterocycles. The van der Waals surface area contributed by atoms with E-state index in [0.717, 1.165) is 44.8 Å². The summed E-state index contributed by atoms with van der Waals surface area (Å²) in [5, 5.41) is 0. The first-order chi connectivity index (χ1) is 16.5. The van der Waals surface area contributed by atoms with Crippen LogP contribution in [-0.4, -0.2) is 39.8 Å². The van der Waals surface area contributed by atoms with E-state index in [1.54, 1.807) is 0 Å². The predicted octanol–water partition coefficient (Wildman–Crippen LogP) is 6.44. The number of hydrogen-bond acceptors (Lipinski definition) is 7. The van der Waals surface area contributed by atoms with Crippen LogP contribution >= 0.6 is 11.3 Å². The van der Waals surface area contributed by atoms with E-state index in [-0.39, 0.29) is 12.2 Å². The van der Waals surface area contributed by atoms with Gasteiger partial charge in [-0.15, -0.1) is 11.3 Å². The lowest BCUT2D eigenvalue weighted by Gasteiger charge is -2.35. The van der Waals surface area contributed by atoms with Gasteiger partial charge < -0.3 is 9.15 Å². The number of thiophene rings is 1. The van der Waals surface area contributed by atoms with Gasteiger partial charge in [-0.1, -0.05) is 50.3 Å². The van der Waals surface area contributed by atoms with Crippen molar-refractivity contribution in [3.63, 3.8) is 0 Å². The highest BCUT2D eigenvalue weighted by atomic mass is 32.2. The van der Waals surface area contributed by atoms with Gasteiger partial charge in [0.2, 0.25) is 0 Å². The second kappa shape index (κ2) is 10.0. The number of carbonyl (C=O) groups excluding carboxylic acids is 1. The normalized spacial score (nSPS) is 20.0. The molecule has 1 aliphatic heterocycles. The quantitative estimate of drug-likeness (QED) is 0.245. The van der Waals surface area contributed by atoms with Crippen LogP contribution in [-0.2, 0) is 24.1 Å². The van der Waals surface area contributed by atoms with E-state index < -0.39 is 28.6 Å². The van der Waals surface area contributed by atoms with Gasteiger partial charge in [-0.05, 0) is 43.5 Å². The molecule has 0 amide bonds. The highest BCUT2D eigenvalue weighted by molar-refractivity contribution is 7.92. The summed E-state index contributed by atoms with van der Waals surface area (Å²) in [6, 6.07) is 12.7. The van der Waals surface area contributed by atoms with E-state index in [2.05, 4.69) is 24.6 Å². The zero-order valence-electron chi connectivity index (χ0n) is 20.8. The Kier molecular flexibility index (Phi) is 7.40. The van der Waals surface area contributed by atoms with Gasteiger partial charge in [0.25, 0.3) is 0 Å². The van der Waals surface area contributed by atoms with Crippen LogP contribution in [0.25, 0.3) is 21.8 Å². The Morgan fingerprint density at radius 3 is 2.46 bits per heavy atom. The van der Waals surface area contributed by atoms with Crippen LogP contribution in [0.1, 0.15) is 36.3 Å². The fourth-order valence-electron chi connectivity index (χ4n) is 4.47. The molecule has 0 radical (unpaired) electrons. The lowest BCUT2D eigenvalue weighted by atomic mass is 9.95. The van der Waals surface area contributed by atoms with Gasteiger partial charge in [-0.25, -0.2) is 13.4 Å². The van der Waals surface area contributed by atoms with E-state index in [9.17, 15) is 13.2 Å². The molecular formula is C26H33NO5S2Si. The number of ether oxygens (including phenoxy) is 1. The van der Waals surface area contributed by atoms with Crippen molar-refractivity contribution in [3.05, 3.63) is 53.4 Å². The number of hydrogen-bond donors (Lipinski definition) is 0. The largest absolute Gasteiger partial charge is 0.466 e. The third-order valence-electron chi connectivity index (χ3n) is 6.62. The first-order valence-corrected chi connectivity index (χ1v) is 18.2. The maximum Gasteiger partial charge on any atom is 0.307 e. The lowest BCUT2D eigenvalue weighted by molar-refractivity contribution is -0.144. The topological polar surface area (TPSA) is 86.5 Å². The van der Waals surface area contributed by atoms with Crippen LogP contribution in [0.15, 0.2) is 47.2 Å².